The van der Waals surface area contributed by atoms with E-state index in [1.54, 1.807) is 11.8 Å². The van der Waals surface area contributed by atoms with Gasteiger partial charge in [-0.3, -0.25) is 4.79 Å². The molecule has 1 aromatic heterocycles. The molecule has 1 aliphatic rings. The molecule has 0 fully saturated rings. The fourth-order valence-electron chi connectivity index (χ4n) is 3.68. The lowest BCUT2D eigenvalue weighted by Crippen LogP contribution is -2.41. The molecule has 1 amide bonds. The van der Waals surface area contributed by atoms with Crippen LogP contribution < -0.4 is 15.5 Å². The number of methoxy groups -OCH3 is 1. The second-order valence-corrected chi connectivity index (χ2v) is 9.06. The van der Waals surface area contributed by atoms with Crippen molar-refractivity contribution in [3.8, 4) is 17.1 Å². The maximum absolute atomic E-state index is 13.6. The average Bonchev–Trinajstić information content (AvgIpc) is 3.29. The maximum Gasteiger partial charge on any atom is 0.240 e. The molecule has 7 nitrogen and oxygen atoms in total. The van der Waals surface area contributed by atoms with E-state index in [-0.39, 0.29) is 10.9 Å². The van der Waals surface area contributed by atoms with Crippen molar-refractivity contribution in [1.29, 1.82) is 0 Å². The Balaban J connectivity index is 1.50. The SMILES string of the molecule is COc1ccc([C@@H]2Nn3c(nnc3-c3ccccc3)S[C@@H]2C(=O)Nc2ccc(F)c(Cl)c2)cc1. The molecule has 0 radical (unpaired) electrons. The molecule has 5 rings (SSSR count). The van der Waals surface area contributed by atoms with Gasteiger partial charge in [-0.15, -0.1) is 10.2 Å². The Morgan fingerprint density at radius 2 is 1.88 bits per heavy atom. The molecular formula is C24H19ClFN5O2S. The number of benzene rings is 3. The van der Waals surface area contributed by atoms with E-state index in [0.717, 1.165) is 11.1 Å². The van der Waals surface area contributed by atoms with E-state index >= 15 is 0 Å². The average molecular weight is 496 g/mol. The lowest BCUT2D eigenvalue weighted by molar-refractivity contribution is -0.116. The minimum absolute atomic E-state index is 0.0637. The Morgan fingerprint density at radius 1 is 1.12 bits per heavy atom. The first-order valence-corrected chi connectivity index (χ1v) is 11.6. The summed E-state index contributed by atoms with van der Waals surface area (Å²) in [6, 6.07) is 20.8. The molecule has 10 heteroatoms. The Morgan fingerprint density at radius 3 is 2.59 bits per heavy atom. The van der Waals surface area contributed by atoms with Crippen LogP contribution in [-0.4, -0.2) is 33.1 Å². The number of fused-ring (bicyclic) bond motifs is 1. The number of thioether (sulfide) groups is 1. The van der Waals surface area contributed by atoms with Crippen molar-refractivity contribution in [3.05, 3.63) is 89.2 Å². The highest BCUT2D eigenvalue weighted by molar-refractivity contribution is 8.00. The van der Waals surface area contributed by atoms with Gasteiger partial charge in [-0.2, -0.15) is 0 Å². The van der Waals surface area contributed by atoms with Crippen LogP contribution in [0.25, 0.3) is 11.4 Å². The van der Waals surface area contributed by atoms with E-state index < -0.39 is 17.1 Å². The lowest BCUT2D eigenvalue weighted by Gasteiger charge is -2.33. The molecule has 4 aromatic rings. The van der Waals surface area contributed by atoms with Gasteiger partial charge >= 0.3 is 0 Å². The van der Waals surface area contributed by atoms with Crippen LogP contribution in [0.3, 0.4) is 0 Å². The fraction of sp³-hybridized carbons (Fsp3) is 0.125. The summed E-state index contributed by atoms with van der Waals surface area (Å²) in [6.45, 7) is 0. The number of carbonyl (C=O) groups excluding carboxylic acids is 1. The minimum atomic E-state index is -0.599. The highest BCUT2D eigenvalue weighted by Crippen LogP contribution is 2.39. The molecule has 3 aromatic carbocycles. The number of halogens is 2. The van der Waals surface area contributed by atoms with Crippen LogP contribution in [0.15, 0.2) is 78.0 Å². The van der Waals surface area contributed by atoms with E-state index in [9.17, 15) is 9.18 Å². The van der Waals surface area contributed by atoms with Gasteiger partial charge in [0.2, 0.25) is 11.1 Å². The van der Waals surface area contributed by atoms with Gasteiger partial charge in [-0.1, -0.05) is 65.8 Å². The van der Waals surface area contributed by atoms with Crippen LogP contribution in [0.1, 0.15) is 11.6 Å². The zero-order chi connectivity index (χ0) is 23.7. The number of anilines is 1. The van der Waals surface area contributed by atoms with E-state index in [0.29, 0.717) is 22.4 Å². The quantitative estimate of drug-likeness (QED) is 0.399. The van der Waals surface area contributed by atoms with Crippen molar-refractivity contribution in [3.63, 3.8) is 0 Å². The second-order valence-electron chi connectivity index (χ2n) is 7.54. The first-order chi connectivity index (χ1) is 16.5. The van der Waals surface area contributed by atoms with Crippen molar-refractivity contribution < 1.29 is 13.9 Å². The molecule has 0 spiro atoms. The van der Waals surface area contributed by atoms with Crippen LogP contribution >= 0.6 is 23.4 Å². The van der Waals surface area contributed by atoms with Gasteiger partial charge in [0.1, 0.15) is 16.8 Å². The summed E-state index contributed by atoms with van der Waals surface area (Å²) in [4.78, 5) is 13.4. The summed E-state index contributed by atoms with van der Waals surface area (Å²) in [7, 11) is 1.60. The molecule has 0 saturated heterocycles. The number of rotatable bonds is 5. The standard InChI is InChI=1S/C24H19ClFN5O2S/c1-33-17-10-7-14(8-11-17)20-21(23(32)27-16-9-12-19(26)18(25)13-16)34-24-29-28-22(31(24)30-20)15-5-3-2-4-6-15/h2-13,20-21,30H,1H3,(H,27,32)/t20-,21-/m0/s1. The number of aromatic nitrogens is 3. The monoisotopic (exact) mass is 495 g/mol. The highest BCUT2D eigenvalue weighted by atomic mass is 35.5. The Bertz CT molecular complexity index is 1330. The van der Waals surface area contributed by atoms with E-state index in [2.05, 4.69) is 20.9 Å². The van der Waals surface area contributed by atoms with Crippen molar-refractivity contribution in [2.24, 2.45) is 0 Å². The summed E-state index contributed by atoms with van der Waals surface area (Å²) < 4.78 is 20.6. The molecule has 2 heterocycles. The van der Waals surface area contributed by atoms with Gasteiger partial charge in [0.25, 0.3) is 0 Å². The van der Waals surface area contributed by atoms with Crippen LogP contribution in [0.4, 0.5) is 10.1 Å². The molecule has 0 saturated carbocycles. The van der Waals surface area contributed by atoms with E-state index in [1.165, 1.54) is 30.0 Å². The molecule has 34 heavy (non-hydrogen) atoms. The highest BCUT2D eigenvalue weighted by Gasteiger charge is 2.38. The van der Waals surface area contributed by atoms with Crippen molar-refractivity contribution in [2.45, 2.75) is 16.4 Å². The number of carbonyl (C=O) groups is 1. The summed E-state index contributed by atoms with van der Waals surface area (Å²) >= 11 is 7.18. The number of hydrogen-bond donors (Lipinski definition) is 2. The van der Waals surface area contributed by atoms with Crippen LogP contribution in [-0.2, 0) is 4.79 Å². The lowest BCUT2D eigenvalue weighted by atomic mass is 10.0. The van der Waals surface area contributed by atoms with Gasteiger partial charge in [0, 0.05) is 11.3 Å². The van der Waals surface area contributed by atoms with Crippen LogP contribution in [0.2, 0.25) is 5.02 Å². The molecule has 0 aliphatic carbocycles. The van der Waals surface area contributed by atoms with Gasteiger partial charge in [0.05, 0.1) is 18.2 Å². The third kappa shape index (κ3) is 4.32. The van der Waals surface area contributed by atoms with Crippen molar-refractivity contribution >= 4 is 35.0 Å². The third-order valence-corrected chi connectivity index (χ3v) is 6.89. The molecule has 1 aliphatic heterocycles. The summed E-state index contributed by atoms with van der Waals surface area (Å²) in [6.07, 6.45) is 0. The molecule has 2 atom stereocenters. The molecule has 2 N–H and O–H groups in total. The number of hydrogen-bond acceptors (Lipinski definition) is 6. The van der Waals surface area contributed by atoms with Crippen LogP contribution in [0.5, 0.6) is 5.75 Å². The number of ether oxygens (including phenoxy) is 1. The maximum atomic E-state index is 13.6. The van der Waals surface area contributed by atoms with Gasteiger partial charge < -0.3 is 15.5 Å². The summed E-state index contributed by atoms with van der Waals surface area (Å²) in [5, 5.41) is 11.4. The van der Waals surface area contributed by atoms with E-state index in [1.807, 2.05) is 54.6 Å². The molecule has 0 bridgehead atoms. The van der Waals surface area contributed by atoms with E-state index in [4.69, 9.17) is 16.3 Å². The summed E-state index contributed by atoms with van der Waals surface area (Å²) in [5.74, 6) is 0.525. The first-order valence-electron chi connectivity index (χ1n) is 10.4. The Labute approximate surface area is 204 Å². The Hall–Kier alpha value is -3.56. The van der Waals surface area contributed by atoms with Crippen LogP contribution in [0, 0.1) is 5.82 Å². The molecular weight excluding hydrogens is 477 g/mol. The predicted molar refractivity (Wildman–Crippen MR) is 130 cm³/mol. The topological polar surface area (TPSA) is 81.1 Å². The number of amides is 1. The third-order valence-electron chi connectivity index (χ3n) is 5.39. The zero-order valence-corrected chi connectivity index (χ0v) is 19.5. The predicted octanol–water partition coefficient (Wildman–Crippen LogP) is 5.14. The fourth-order valence-corrected chi connectivity index (χ4v) is 4.94. The minimum Gasteiger partial charge on any atom is -0.497 e. The van der Waals surface area contributed by atoms with Gasteiger partial charge in [-0.25, -0.2) is 9.07 Å². The summed E-state index contributed by atoms with van der Waals surface area (Å²) in [5.41, 5.74) is 5.60. The molecule has 172 valence electrons. The largest absolute Gasteiger partial charge is 0.497 e. The number of nitrogens with zero attached hydrogens (tertiary/aromatic N) is 3. The van der Waals surface area contributed by atoms with Crippen molar-refractivity contribution in [1.82, 2.24) is 14.9 Å². The number of nitrogens with one attached hydrogen (secondary N) is 2. The Kier molecular flexibility index (Phi) is 6.12. The van der Waals surface area contributed by atoms with Gasteiger partial charge in [-0.05, 0) is 35.9 Å². The smallest absolute Gasteiger partial charge is 0.240 e. The first kappa shape index (κ1) is 22.2. The zero-order valence-electron chi connectivity index (χ0n) is 17.9. The molecule has 0 unspecified atom stereocenters. The van der Waals surface area contributed by atoms with Gasteiger partial charge in [0.15, 0.2) is 5.82 Å². The van der Waals surface area contributed by atoms with Crippen molar-refractivity contribution in [2.75, 3.05) is 17.9 Å². The second kappa shape index (κ2) is 9.36. The normalized spacial score (nSPS) is 16.9.